The Balaban J connectivity index is 1.72. The molecule has 0 spiro atoms. The average molecular weight is 263 g/mol. The van der Waals surface area contributed by atoms with Crippen molar-refractivity contribution in [3.05, 3.63) is 35.1 Å². The van der Waals surface area contributed by atoms with Crippen molar-refractivity contribution in [2.45, 2.75) is 6.54 Å². The maximum Gasteiger partial charge on any atom is 0.129 e. The van der Waals surface area contributed by atoms with E-state index in [1.165, 1.54) is 6.07 Å². The second kappa shape index (κ2) is 7.19. The molecular formula is C14H18FN3O. The van der Waals surface area contributed by atoms with Crippen molar-refractivity contribution in [1.82, 2.24) is 10.2 Å². The molecule has 1 aliphatic rings. The molecule has 1 fully saturated rings. The van der Waals surface area contributed by atoms with E-state index in [4.69, 9.17) is 10.00 Å². The van der Waals surface area contributed by atoms with E-state index in [0.717, 1.165) is 39.4 Å². The van der Waals surface area contributed by atoms with E-state index in [1.54, 1.807) is 12.1 Å². The Hall–Kier alpha value is -1.48. The van der Waals surface area contributed by atoms with Gasteiger partial charge in [0.1, 0.15) is 5.82 Å². The molecule has 5 heteroatoms. The van der Waals surface area contributed by atoms with E-state index < -0.39 is 0 Å². The Bertz CT molecular complexity index is 452. The number of rotatable bonds is 5. The van der Waals surface area contributed by atoms with Gasteiger partial charge in [-0.25, -0.2) is 4.39 Å². The molecule has 1 heterocycles. The van der Waals surface area contributed by atoms with Gasteiger partial charge in [0.15, 0.2) is 0 Å². The van der Waals surface area contributed by atoms with Crippen LogP contribution >= 0.6 is 0 Å². The number of ether oxygens (including phenoxy) is 1. The number of nitrogens with zero attached hydrogens (tertiary/aromatic N) is 2. The van der Waals surface area contributed by atoms with E-state index in [9.17, 15) is 4.39 Å². The van der Waals surface area contributed by atoms with E-state index in [0.29, 0.717) is 17.7 Å². The predicted octanol–water partition coefficient (Wildman–Crippen LogP) is 1.12. The lowest BCUT2D eigenvalue weighted by Crippen LogP contribution is -2.40. The quantitative estimate of drug-likeness (QED) is 0.809. The fourth-order valence-corrected chi connectivity index (χ4v) is 2.05. The molecule has 0 unspecified atom stereocenters. The molecule has 4 nitrogen and oxygen atoms in total. The van der Waals surface area contributed by atoms with E-state index >= 15 is 0 Å². The van der Waals surface area contributed by atoms with Gasteiger partial charge in [-0.15, -0.1) is 0 Å². The van der Waals surface area contributed by atoms with Crippen molar-refractivity contribution in [3.8, 4) is 6.07 Å². The summed E-state index contributed by atoms with van der Waals surface area (Å²) in [5.41, 5.74) is 0.954. The predicted molar refractivity (Wildman–Crippen MR) is 70.1 cm³/mol. The molecule has 0 aromatic heterocycles. The van der Waals surface area contributed by atoms with Crippen LogP contribution in [0.2, 0.25) is 0 Å². The van der Waals surface area contributed by atoms with Crippen LogP contribution in [0.3, 0.4) is 0 Å². The van der Waals surface area contributed by atoms with Gasteiger partial charge in [0.2, 0.25) is 0 Å². The highest BCUT2D eigenvalue weighted by Gasteiger charge is 2.09. The first-order valence-electron chi connectivity index (χ1n) is 6.49. The summed E-state index contributed by atoms with van der Waals surface area (Å²) in [4.78, 5) is 2.33. The molecule has 19 heavy (non-hydrogen) atoms. The molecule has 1 saturated heterocycles. The van der Waals surface area contributed by atoms with Gasteiger partial charge in [0.25, 0.3) is 0 Å². The van der Waals surface area contributed by atoms with Crippen molar-refractivity contribution in [1.29, 1.82) is 5.26 Å². The first-order valence-corrected chi connectivity index (χ1v) is 6.49. The Morgan fingerprint density at radius 2 is 2.16 bits per heavy atom. The summed E-state index contributed by atoms with van der Waals surface area (Å²) in [7, 11) is 0. The van der Waals surface area contributed by atoms with Crippen LogP contribution in [0.15, 0.2) is 18.2 Å². The van der Waals surface area contributed by atoms with Crippen molar-refractivity contribution < 1.29 is 9.13 Å². The Morgan fingerprint density at radius 3 is 2.84 bits per heavy atom. The smallest absolute Gasteiger partial charge is 0.129 e. The van der Waals surface area contributed by atoms with E-state index in [-0.39, 0.29) is 5.82 Å². The van der Waals surface area contributed by atoms with Gasteiger partial charge in [-0.2, -0.15) is 5.26 Å². The first kappa shape index (κ1) is 13.9. The molecule has 1 N–H and O–H groups in total. The third-order valence-electron chi connectivity index (χ3n) is 3.21. The maximum absolute atomic E-state index is 13.6. The lowest BCUT2D eigenvalue weighted by molar-refractivity contribution is 0.0384. The number of nitrogens with one attached hydrogen (secondary N) is 1. The second-order valence-corrected chi connectivity index (χ2v) is 4.55. The summed E-state index contributed by atoms with van der Waals surface area (Å²) in [5, 5.41) is 11.9. The molecule has 1 aromatic carbocycles. The Morgan fingerprint density at radius 1 is 1.37 bits per heavy atom. The molecule has 0 amide bonds. The number of morpholine rings is 1. The van der Waals surface area contributed by atoms with Crippen LogP contribution in [0.5, 0.6) is 0 Å². The number of nitriles is 1. The highest BCUT2D eigenvalue weighted by Crippen LogP contribution is 2.09. The molecule has 1 aliphatic heterocycles. The number of benzene rings is 1. The third-order valence-corrected chi connectivity index (χ3v) is 3.21. The zero-order valence-corrected chi connectivity index (χ0v) is 10.9. The van der Waals surface area contributed by atoms with Crippen LogP contribution in [0.1, 0.15) is 11.1 Å². The van der Waals surface area contributed by atoms with Gasteiger partial charge < -0.3 is 10.1 Å². The summed E-state index contributed by atoms with van der Waals surface area (Å²) in [6.45, 7) is 5.77. The molecule has 1 aromatic rings. The summed E-state index contributed by atoms with van der Waals surface area (Å²) >= 11 is 0. The lowest BCUT2D eigenvalue weighted by Gasteiger charge is -2.26. The summed E-state index contributed by atoms with van der Waals surface area (Å²) < 4.78 is 18.9. The lowest BCUT2D eigenvalue weighted by atomic mass is 10.1. The molecule has 0 atom stereocenters. The Kier molecular flexibility index (Phi) is 5.28. The minimum Gasteiger partial charge on any atom is -0.379 e. The monoisotopic (exact) mass is 263 g/mol. The SMILES string of the molecule is N#Cc1ccc(CNCCN2CCOCC2)c(F)c1. The molecule has 0 saturated carbocycles. The molecule has 0 bridgehead atoms. The van der Waals surface area contributed by atoms with Crippen LogP contribution in [0.4, 0.5) is 4.39 Å². The van der Waals surface area contributed by atoms with Gasteiger partial charge in [-0.3, -0.25) is 4.90 Å². The maximum atomic E-state index is 13.6. The number of halogens is 1. The molecule has 0 radical (unpaired) electrons. The number of hydrogen-bond donors (Lipinski definition) is 1. The van der Waals surface area contributed by atoms with Gasteiger partial charge in [-0.05, 0) is 12.1 Å². The largest absolute Gasteiger partial charge is 0.379 e. The normalized spacial score (nSPS) is 16.2. The molecule has 2 rings (SSSR count). The topological polar surface area (TPSA) is 48.3 Å². The summed E-state index contributed by atoms with van der Waals surface area (Å²) in [6, 6.07) is 6.51. The van der Waals surface area contributed by atoms with Crippen molar-refractivity contribution in [2.24, 2.45) is 0 Å². The molecular weight excluding hydrogens is 245 g/mol. The van der Waals surface area contributed by atoms with Gasteiger partial charge in [-0.1, -0.05) is 6.07 Å². The van der Waals surface area contributed by atoms with Gasteiger partial charge in [0, 0.05) is 38.3 Å². The van der Waals surface area contributed by atoms with E-state index in [1.807, 2.05) is 6.07 Å². The van der Waals surface area contributed by atoms with Gasteiger partial charge >= 0.3 is 0 Å². The Labute approximate surface area is 112 Å². The molecule has 0 aliphatic carbocycles. The molecule has 102 valence electrons. The fourth-order valence-electron chi connectivity index (χ4n) is 2.05. The highest BCUT2D eigenvalue weighted by molar-refractivity contribution is 5.32. The number of hydrogen-bond acceptors (Lipinski definition) is 4. The van der Waals surface area contributed by atoms with Crippen LogP contribution < -0.4 is 5.32 Å². The van der Waals surface area contributed by atoms with Crippen LogP contribution in [-0.4, -0.2) is 44.3 Å². The zero-order valence-electron chi connectivity index (χ0n) is 10.9. The minimum atomic E-state index is -0.321. The highest BCUT2D eigenvalue weighted by atomic mass is 19.1. The first-order chi connectivity index (χ1) is 9.29. The fraction of sp³-hybridized carbons (Fsp3) is 0.500. The van der Waals surface area contributed by atoms with Crippen molar-refractivity contribution in [2.75, 3.05) is 39.4 Å². The second-order valence-electron chi connectivity index (χ2n) is 4.55. The van der Waals surface area contributed by atoms with Crippen LogP contribution in [0.25, 0.3) is 0 Å². The zero-order chi connectivity index (χ0) is 13.5. The third kappa shape index (κ3) is 4.28. The van der Waals surface area contributed by atoms with Gasteiger partial charge in [0.05, 0.1) is 24.8 Å². The van der Waals surface area contributed by atoms with Crippen LogP contribution in [0, 0.1) is 17.1 Å². The van der Waals surface area contributed by atoms with Crippen LogP contribution in [-0.2, 0) is 11.3 Å². The summed E-state index contributed by atoms with van der Waals surface area (Å²) in [5.74, 6) is -0.321. The van der Waals surface area contributed by atoms with Crippen molar-refractivity contribution >= 4 is 0 Å². The minimum absolute atomic E-state index is 0.321. The van der Waals surface area contributed by atoms with Crippen molar-refractivity contribution in [3.63, 3.8) is 0 Å². The average Bonchev–Trinajstić information content (AvgIpc) is 2.46. The summed E-state index contributed by atoms with van der Waals surface area (Å²) in [6.07, 6.45) is 0. The van der Waals surface area contributed by atoms with E-state index in [2.05, 4.69) is 10.2 Å². The standard InChI is InChI=1S/C14H18FN3O/c15-14-9-12(10-16)1-2-13(14)11-17-3-4-18-5-7-19-8-6-18/h1-2,9,17H,3-8,11H2.